The summed E-state index contributed by atoms with van der Waals surface area (Å²) in [7, 11) is -0.175. The molecule has 0 atom stereocenters. The van der Waals surface area contributed by atoms with E-state index in [-0.39, 0.29) is 18.8 Å². The normalized spacial score (nSPS) is 21.0. The molecule has 0 aliphatic carbocycles. The molecule has 1 rings (SSSR count). The maximum absolute atomic E-state index is 5.47. The van der Waals surface area contributed by atoms with Gasteiger partial charge in [0.05, 0.1) is 5.78 Å². The summed E-state index contributed by atoms with van der Waals surface area (Å²) < 4.78 is 10.6. The molecule has 1 fully saturated rings. The number of rotatable bonds is 1. The summed E-state index contributed by atoms with van der Waals surface area (Å²) in [6.45, 7) is 6.21. The molecule has 0 amide bonds. The maximum atomic E-state index is 5.47. The van der Waals surface area contributed by atoms with Crippen molar-refractivity contribution in [3.8, 4) is 0 Å². The first-order chi connectivity index (χ1) is 4.54. The molecule has 0 aromatic heterocycles. The van der Waals surface area contributed by atoms with Crippen LogP contribution >= 0.6 is 11.6 Å². The Bertz CT molecular complexity index is 117. The van der Waals surface area contributed by atoms with E-state index < -0.39 is 0 Å². The van der Waals surface area contributed by atoms with Gasteiger partial charge in [0, 0.05) is 5.41 Å². The third kappa shape index (κ3) is 1.65. The Morgan fingerprint density at radius 2 is 1.90 bits per heavy atom. The van der Waals surface area contributed by atoms with E-state index >= 15 is 0 Å². The zero-order chi connectivity index (χ0) is 7.78. The van der Waals surface area contributed by atoms with Crippen molar-refractivity contribution in [2.75, 3.05) is 5.78 Å². The van der Waals surface area contributed by atoms with Crippen LogP contribution in [0.15, 0.2) is 0 Å². The molecule has 2 nitrogen and oxygen atoms in total. The van der Waals surface area contributed by atoms with Crippen LogP contribution in [0.1, 0.15) is 20.8 Å². The molecular formula is C6H12BClO2. The lowest BCUT2D eigenvalue weighted by Gasteiger charge is -2.41. The molecule has 0 spiro atoms. The van der Waals surface area contributed by atoms with Gasteiger partial charge in [-0.1, -0.05) is 20.8 Å². The lowest BCUT2D eigenvalue weighted by Crippen LogP contribution is -2.52. The predicted octanol–water partition coefficient (Wildman–Crippen LogP) is 1.67. The van der Waals surface area contributed by atoms with E-state index in [1.807, 2.05) is 0 Å². The second kappa shape index (κ2) is 2.72. The van der Waals surface area contributed by atoms with E-state index in [9.17, 15) is 0 Å². The molecule has 0 saturated carbocycles. The first-order valence-electron chi connectivity index (χ1n) is 3.41. The second-order valence-electron chi connectivity index (χ2n) is 3.55. The van der Waals surface area contributed by atoms with Crippen molar-refractivity contribution in [3.63, 3.8) is 0 Å². The van der Waals surface area contributed by atoms with E-state index in [1.54, 1.807) is 0 Å². The molecule has 0 bridgehead atoms. The lowest BCUT2D eigenvalue weighted by molar-refractivity contribution is -0.171. The summed E-state index contributed by atoms with van der Waals surface area (Å²) >= 11 is 5.47. The number of halogens is 1. The molecule has 1 heterocycles. The topological polar surface area (TPSA) is 18.5 Å². The molecule has 1 saturated heterocycles. The molecule has 0 aromatic carbocycles. The SMILES string of the molecule is CC(C)(C)C1OB(CCl)O1. The molecule has 0 radical (unpaired) electrons. The van der Waals surface area contributed by atoms with Gasteiger partial charge >= 0.3 is 7.12 Å². The highest BCUT2D eigenvalue weighted by atomic mass is 35.5. The van der Waals surface area contributed by atoms with Crippen molar-refractivity contribution in [3.05, 3.63) is 0 Å². The van der Waals surface area contributed by atoms with Crippen LogP contribution in [0.3, 0.4) is 0 Å². The Kier molecular flexibility index (Phi) is 2.28. The van der Waals surface area contributed by atoms with Crippen LogP contribution in [-0.4, -0.2) is 19.2 Å². The Labute approximate surface area is 67.0 Å². The van der Waals surface area contributed by atoms with Gasteiger partial charge in [0.15, 0.2) is 0 Å². The van der Waals surface area contributed by atoms with Gasteiger partial charge in [0.25, 0.3) is 0 Å². The molecule has 1 aliphatic heterocycles. The van der Waals surface area contributed by atoms with E-state index in [0.717, 1.165) is 0 Å². The first-order valence-corrected chi connectivity index (χ1v) is 3.94. The Balaban J connectivity index is 2.26. The van der Waals surface area contributed by atoms with Gasteiger partial charge < -0.3 is 9.31 Å². The number of hydrogen-bond donors (Lipinski definition) is 0. The van der Waals surface area contributed by atoms with Crippen LogP contribution in [0, 0.1) is 5.41 Å². The van der Waals surface area contributed by atoms with Crippen LogP contribution in [0.2, 0.25) is 0 Å². The largest absolute Gasteiger partial charge is 0.476 e. The van der Waals surface area contributed by atoms with E-state index in [4.69, 9.17) is 20.9 Å². The fourth-order valence-corrected chi connectivity index (χ4v) is 0.912. The minimum absolute atomic E-state index is 0.0720. The monoisotopic (exact) mass is 162 g/mol. The average molecular weight is 162 g/mol. The van der Waals surface area contributed by atoms with Crippen LogP contribution < -0.4 is 0 Å². The fourth-order valence-electron chi connectivity index (χ4n) is 0.767. The summed E-state index contributed by atoms with van der Waals surface area (Å²) in [6, 6.07) is 0. The minimum Gasteiger partial charge on any atom is -0.385 e. The van der Waals surface area contributed by atoms with Crippen molar-refractivity contribution in [2.45, 2.75) is 27.1 Å². The smallest absolute Gasteiger partial charge is 0.385 e. The quantitative estimate of drug-likeness (QED) is 0.431. The summed E-state index contributed by atoms with van der Waals surface area (Å²) in [5.41, 5.74) is 0.0720. The molecule has 4 heteroatoms. The highest BCUT2D eigenvalue weighted by Gasteiger charge is 2.42. The predicted molar refractivity (Wildman–Crippen MR) is 41.9 cm³/mol. The molecule has 0 aromatic rings. The highest BCUT2D eigenvalue weighted by molar-refractivity contribution is 6.57. The number of alkyl halides is 1. The maximum Gasteiger partial charge on any atom is 0.476 e. The summed E-state index contributed by atoms with van der Waals surface area (Å²) in [4.78, 5) is 0. The van der Waals surface area contributed by atoms with Gasteiger partial charge in [0.1, 0.15) is 6.29 Å². The second-order valence-corrected chi connectivity index (χ2v) is 3.86. The lowest BCUT2D eigenvalue weighted by atomic mass is 9.84. The summed E-state index contributed by atoms with van der Waals surface area (Å²) in [5.74, 6) is 0.423. The molecule has 10 heavy (non-hydrogen) atoms. The standard InChI is InChI=1S/C6H12BClO2/c1-6(2,3)5-9-7(4-8)10-5/h5H,4H2,1-3H3. The molecule has 1 aliphatic rings. The van der Waals surface area contributed by atoms with Crippen LogP contribution in [0.4, 0.5) is 0 Å². The van der Waals surface area contributed by atoms with Gasteiger partial charge in [-0.2, -0.15) is 0 Å². The molecule has 0 N–H and O–H groups in total. The third-order valence-electron chi connectivity index (χ3n) is 1.38. The van der Waals surface area contributed by atoms with E-state index in [2.05, 4.69) is 20.8 Å². The first kappa shape index (κ1) is 8.37. The van der Waals surface area contributed by atoms with Gasteiger partial charge in [-0.05, 0) is 0 Å². The van der Waals surface area contributed by atoms with Crippen molar-refractivity contribution in [1.82, 2.24) is 0 Å². The van der Waals surface area contributed by atoms with Gasteiger partial charge in [-0.25, -0.2) is 0 Å². The Hall–Kier alpha value is 0.275. The fraction of sp³-hybridized carbons (Fsp3) is 1.00. The van der Waals surface area contributed by atoms with Crippen molar-refractivity contribution in [2.24, 2.45) is 5.41 Å². The van der Waals surface area contributed by atoms with Crippen LogP contribution in [0.25, 0.3) is 0 Å². The Morgan fingerprint density at radius 3 is 2.20 bits per heavy atom. The molecule has 58 valence electrons. The van der Waals surface area contributed by atoms with Crippen molar-refractivity contribution < 1.29 is 9.31 Å². The highest BCUT2D eigenvalue weighted by Crippen LogP contribution is 2.30. The molecular weight excluding hydrogens is 150 g/mol. The van der Waals surface area contributed by atoms with Gasteiger partial charge in [0.2, 0.25) is 0 Å². The Morgan fingerprint density at radius 1 is 1.40 bits per heavy atom. The number of hydrogen-bond acceptors (Lipinski definition) is 2. The average Bonchev–Trinajstić information content (AvgIpc) is 1.57. The zero-order valence-electron chi connectivity index (χ0n) is 6.56. The summed E-state index contributed by atoms with van der Waals surface area (Å²) in [5, 5.41) is 0. The van der Waals surface area contributed by atoms with E-state index in [1.165, 1.54) is 0 Å². The third-order valence-corrected chi connectivity index (χ3v) is 1.64. The van der Waals surface area contributed by atoms with Crippen LogP contribution in [0.5, 0.6) is 0 Å². The van der Waals surface area contributed by atoms with E-state index in [0.29, 0.717) is 5.78 Å². The van der Waals surface area contributed by atoms with Gasteiger partial charge in [-0.15, -0.1) is 11.6 Å². The summed E-state index contributed by atoms with van der Waals surface area (Å²) in [6.07, 6.45) is -0.0729. The zero-order valence-corrected chi connectivity index (χ0v) is 7.31. The van der Waals surface area contributed by atoms with Crippen molar-refractivity contribution in [1.29, 1.82) is 0 Å². The van der Waals surface area contributed by atoms with Crippen molar-refractivity contribution >= 4 is 18.7 Å². The molecule has 0 unspecified atom stereocenters. The van der Waals surface area contributed by atoms with Crippen LogP contribution in [-0.2, 0) is 9.31 Å². The minimum atomic E-state index is -0.175. The van der Waals surface area contributed by atoms with Gasteiger partial charge in [-0.3, -0.25) is 0 Å².